The molecule has 0 aliphatic rings. The van der Waals surface area contributed by atoms with Gasteiger partial charge in [0.2, 0.25) is 0 Å². The minimum Gasteiger partial charge on any atom is -0.457 e. The van der Waals surface area contributed by atoms with E-state index in [1.807, 2.05) is 18.2 Å². The van der Waals surface area contributed by atoms with Crippen molar-refractivity contribution in [2.75, 3.05) is 6.54 Å². The van der Waals surface area contributed by atoms with Crippen LogP contribution in [0, 0.1) is 5.82 Å². The Kier molecular flexibility index (Phi) is 4.80. The maximum Gasteiger partial charge on any atom is 0.142 e. The van der Waals surface area contributed by atoms with Crippen molar-refractivity contribution in [1.82, 2.24) is 0 Å². The van der Waals surface area contributed by atoms with Crippen LogP contribution in [0.25, 0.3) is 0 Å². The van der Waals surface area contributed by atoms with Crippen molar-refractivity contribution in [3.8, 4) is 11.5 Å². The van der Waals surface area contributed by atoms with Gasteiger partial charge < -0.3 is 10.5 Å². The summed E-state index contributed by atoms with van der Waals surface area (Å²) < 4.78 is 19.8. The van der Waals surface area contributed by atoms with Gasteiger partial charge in [-0.05, 0) is 48.9 Å². The standard InChI is InChI=1S/C14H12BrClFNO/c15-10-1-4-14(9(7-10)5-6-18)19-11-2-3-13(17)12(16)8-11/h1-4,7-8H,5-6,18H2. The minimum absolute atomic E-state index is 0.0370. The van der Waals surface area contributed by atoms with E-state index in [4.69, 9.17) is 22.1 Å². The first-order valence-electron chi connectivity index (χ1n) is 5.71. The van der Waals surface area contributed by atoms with Gasteiger partial charge in [0.25, 0.3) is 0 Å². The number of rotatable bonds is 4. The lowest BCUT2D eigenvalue weighted by atomic mass is 10.1. The highest BCUT2D eigenvalue weighted by atomic mass is 79.9. The maximum absolute atomic E-state index is 13.1. The van der Waals surface area contributed by atoms with Crippen LogP contribution in [-0.2, 0) is 6.42 Å². The molecule has 0 radical (unpaired) electrons. The molecule has 100 valence electrons. The fourth-order valence-electron chi connectivity index (χ4n) is 1.67. The molecule has 2 N–H and O–H groups in total. The molecule has 2 rings (SSSR count). The summed E-state index contributed by atoms with van der Waals surface area (Å²) in [5.74, 6) is 0.718. The molecule has 19 heavy (non-hydrogen) atoms. The molecule has 0 saturated heterocycles. The summed E-state index contributed by atoms with van der Waals surface area (Å²) in [4.78, 5) is 0. The number of hydrogen-bond donors (Lipinski definition) is 1. The van der Waals surface area contributed by atoms with Crippen molar-refractivity contribution in [2.45, 2.75) is 6.42 Å². The Bertz CT molecular complexity index is 592. The van der Waals surface area contributed by atoms with E-state index < -0.39 is 5.82 Å². The fourth-order valence-corrected chi connectivity index (χ4v) is 2.24. The predicted octanol–water partition coefficient (Wildman–Crippen LogP) is 4.54. The van der Waals surface area contributed by atoms with Gasteiger partial charge in [-0.2, -0.15) is 0 Å². The van der Waals surface area contributed by atoms with Crippen LogP contribution < -0.4 is 10.5 Å². The third-order valence-corrected chi connectivity index (χ3v) is 3.34. The van der Waals surface area contributed by atoms with Crippen molar-refractivity contribution in [1.29, 1.82) is 0 Å². The van der Waals surface area contributed by atoms with Gasteiger partial charge in [0.05, 0.1) is 5.02 Å². The number of halogens is 3. The van der Waals surface area contributed by atoms with Gasteiger partial charge in [-0.15, -0.1) is 0 Å². The van der Waals surface area contributed by atoms with Crippen LogP contribution in [0.2, 0.25) is 5.02 Å². The van der Waals surface area contributed by atoms with Crippen molar-refractivity contribution >= 4 is 27.5 Å². The van der Waals surface area contributed by atoms with E-state index in [1.165, 1.54) is 18.2 Å². The normalized spacial score (nSPS) is 10.5. The molecule has 0 bridgehead atoms. The Morgan fingerprint density at radius 1 is 1.21 bits per heavy atom. The van der Waals surface area contributed by atoms with E-state index in [2.05, 4.69) is 15.9 Å². The van der Waals surface area contributed by atoms with Crippen LogP contribution in [-0.4, -0.2) is 6.54 Å². The van der Waals surface area contributed by atoms with Crippen molar-refractivity contribution in [3.05, 3.63) is 57.3 Å². The van der Waals surface area contributed by atoms with Crippen LogP contribution in [0.3, 0.4) is 0 Å². The molecule has 0 fully saturated rings. The van der Waals surface area contributed by atoms with E-state index in [9.17, 15) is 4.39 Å². The number of benzene rings is 2. The molecule has 0 aliphatic carbocycles. The van der Waals surface area contributed by atoms with Gasteiger partial charge in [-0.25, -0.2) is 4.39 Å². The van der Waals surface area contributed by atoms with Gasteiger partial charge >= 0.3 is 0 Å². The molecular formula is C14H12BrClFNO. The summed E-state index contributed by atoms with van der Waals surface area (Å²) in [5.41, 5.74) is 6.56. The second-order valence-corrected chi connectivity index (χ2v) is 5.29. The van der Waals surface area contributed by atoms with Gasteiger partial charge in [0.15, 0.2) is 0 Å². The second-order valence-electron chi connectivity index (χ2n) is 3.97. The maximum atomic E-state index is 13.1. The van der Waals surface area contributed by atoms with E-state index in [-0.39, 0.29) is 5.02 Å². The van der Waals surface area contributed by atoms with Crippen LogP contribution in [0.15, 0.2) is 40.9 Å². The number of ether oxygens (including phenoxy) is 1. The summed E-state index contributed by atoms with van der Waals surface area (Å²) in [7, 11) is 0. The Balaban J connectivity index is 2.29. The molecule has 5 heteroatoms. The SMILES string of the molecule is NCCc1cc(Br)ccc1Oc1ccc(F)c(Cl)c1. The van der Waals surface area contributed by atoms with E-state index in [0.29, 0.717) is 24.5 Å². The van der Waals surface area contributed by atoms with Gasteiger partial charge in [-0.1, -0.05) is 27.5 Å². The molecule has 0 amide bonds. The largest absolute Gasteiger partial charge is 0.457 e. The zero-order valence-corrected chi connectivity index (χ0v) is 12.3. The van der Waals surface area contributed by atoms with Crippen LogP contribution in [0.4, 0.5) is 4.39 Å². The van der Waals surface area contributed by atoms with E-state index >= 15 is 0 Å². The van der Waals surface area contributed by atoms with Crippen molar-refractivity contribution in [3.63, 3.8) is 0 Å². The van der Waals surface area contributed by atoms with Gasteiger partial charge in [-0.3, -0.25) is 0 Å². The monoisotopic (exact) mass is 343 g/mol. The molecule has 0 unspecified atom stereocenters. The molecule has 0 heterocycles. The summed E-state index contributed by atoms with van der Waals surface area (Å²) >= 11 is 9.13. The zero-order valence-electron chi connectivity index (χ0n) is 10.00. The lowest BCUT2D eigenvalue weighted by molar-refractivity contribution is 0.474. The third-order valence-electron chi connectivity index (χ3n) is 2.56. The Morgan fingerprint density at radius 2 is 2.00 bits per heavy atom. The first kappa shape index (κ1) is 14.3. The molecule has 0 spiro atoms. The predicted molar refractivity (Wildman–Crippen MR) is 78.4 cm³/mol. The summed E-state index contributed by atoms with van der Waals surface area (Å²) in [6, 6.07) is 9.93. The zero-order chi connectivity index (χ0) is 13.8. The average Bonchev–Trinajstić information content (AvgIpc) is 2.37. The van der Waals surface area contributed by atoms with Crippen LogP contribution in [0.5, 0.6) is 11.5 Å². The van der Waals surface area contributed by atoms with Crippen LogP contribution >= 0.6 is 27.5 Å². The molecule has 2 aromatic carbocycles. The smallest absolute Gasteiger partial charge is 0.142 e. The molecule has 0 aliphatic heterocycles. The second kappa shape index (κ2) is 6.37. The Morgan fingerprint density at radius 3 is 2.68 bits per heavy atom. The lowest BCUT2D eigenvalue weighted by Crippen LogP contribution is -2.04. The van der Waals surface area contributed by atoms with Gasteiger partial charge in [0, 0.05) is 10.5 Å². The first-order chi connectivity index (χ1) is 9.10. The minimum atomic E-state index is -0.466. The Hall–Kier alpha value is -1.10. The highest BCUT2D eigenvalue weighted by Gasteiger charge is 2.07. The van der Waals surface area contributed by atoms with Crippen LogP contribution in [0.1, 0.15) is 5.56 Å². The molecule has 0 saturated carbocycles. The average molecular weight is 345 g/mol. The van der Waals surface area contributed by atoms with E-state index in [0.717, 1.165) is 10.0 Å². The molecule has 0 aromatic heterocycles. The highest BCUT2D eigenvalue weighted by Crippen LogP contribution is 2.30. The van der Waals surface area contributed by atoms with Crippen molar-refractivity contribution < 1.29 is 9.13 Å². The third kappa shape index (κ3) is 3.69. The van der Waals surface area contributed by atoms with Crippen molar-refractivity contribution in [2.24, 2.45) is 5.73 Å². The molecule has 2 aromatic rings. The highest BCUT2D eigenvalue weighted by molar-refractivity contribution is 9.10. The lowest BCUT2D eigenvalue weighted by Gasteiger charge is -2.11. The summed E-state index contributed by atoms with van der Waals surface area (Å²) in [6.45, 7) is 0.525. The quantitative estimate of drug-likeness (QED) is 0.884. The molecular weight excluding hydrogens is 333 g/mol. The Labute approximate surface area is 124 Å². The number of hydrogen-bond acceptors (Lipinski definition) is 2. The summed E-state index contributed by atoms with van der Waals surface area (Å²) in [5, 5.41) is 0.0370. The van der Waals surface area contributed by atoms with Gasteiger partial charge in [0.1, 0.15) is 17.3 Å². The topological polar surface area (TPSA) is 35.2 Å². The van der Waals surface area contributed by atoms with E-state index in [1.54, 1.807) is 0 Å². The summed E-state index contributed by atoms with van der Waals surface area (Å²) in [6.07, 6.45) is 0.698. The molecule has 0 atom stereocenters. The number of nitrogens with two attached hydrogens (primary N) is 1. The fraction of sp³-hybridized carbons (Fsp3) is 0.143. The first-order valence-corrected chi connectivity index (χ1v) is 6.88. The molecule has 2 nitrogen and oxygen atoms in total.